The van der Waals surface area contributed by atoms with Crippen LogP contribution in [-0.4, -0.2) is 17.4 Å². The average molecular weight is 159 g/mol. The Bertz CT molecular complexity index is 8.00. The smallest absolute Gasteiger partial charge is 0 e. The monoisotopic (exact) mass is 158 g/mol. The largest absolute Gasteiger partial charge is 0 e. The Morgan fingerprint density at radius 3 is 1.25 bits per heavy atom. The Morgan fingerprint density at radius 1 is 1.25 bits per heavy atom. The van der Waals surface area contributed by atoms with Crippen molar-refractivity contribution in [3.63, 3.8) is 0 Å². The van der Waals surface area contributed by atoms with Gasteiger partial charge in [0.05, 0.1) is 0 Å². The minimum atomic E-state index is 0. The summed E-state index contributed by atoms with van der Waals surface area (Å²) in [6.45, 7) is 0. The van der Waals surface area contributed by atoms with Crippen LogP contribution >= 0.6 is 0 Å². The summed E-state index contributed by atoms with van der Waals surface area (Å²) in [6, 6.07) is 0. The average Bonchev–Trinajstić information content (AvgIpc) is 1.00. The van der Waals surface area contributed by atoms with Gasteiger partial charge in [0.1, 0.15) is 0 Å². The van der Waals surface area contributed by atoms with Gasteiger partial charge in [-0.3, -0.25) is 0 Å². The van der Waals surface area contributed by atoms with Crippen LogP contribution in [-0.2, 0) is 43.5 Å². The summed E-state index contributed by atoms with van der Waals surface area (Å²) in [5.74, 6) is 0. The number of rotatable bonds is 0. The minimum absolute atomic E-state index is 0. The van der Waals surface area contributed by atoms with E-state index in [1.165, 1.54) is 0 Å². The standard InChI is InChI=1S/Al.O.Ti.Zn.3H. The maximum atomic E-state index is 8.38. The normalized spacial score (nSPS) is 1.50. The molecule has 0 N–H and O–H groups in total. The van der Waals surface area contributed by atoms with Gasteiger partial charge in [-0.2, -0.15) is 0 Å². The van der Waals surface area contributed by atoms with E-state index in [-0.39, 0.29) is 57.3 Å². The zero-order valence-corrected chi connectivity index (χ0v) is 6.14. The van der Waals surface area contributed by atoms with Gasteiger partial charge < -0.3 is 0 Å². The summed E-state index contributed by atoms with van der Waals surface area (Å²) in [6.07, 6.45) is 0. The first-order valence-electron chi connectivity index (χ1n) is 0.289. The van der Waals surface area contributed by atoms with Crippen LogP contribution in [0.15, 0.2) is 0 Å². The molecule has 0 heterocycles. The van der Waals surface area contributed by atoms with Crippen molar-refractivity contribution in [1.82, 2.24) is 0 Å². The maximum absolute atomic E-state index is 8.38. The molecule has 0 saturated heterocycles. The van der Waals surface area contributed by atoms with Gasteiger partial charge in [0.25, 0.3) is 0 Å². The molecule has 1 nitrogen and oxygen atoms in total. The Morgan fingerprint density at radius 2 is 1.25 bits per heavy atom. The third-order valence-corrected chi connectivity index (χ3v) is 0. The molecule has 0 fully saturated rings. The van der Waals surface area contributed by atoms with E-state index in [4.69, 9.17) is 3.57 Å². The molecule has 0 bridgehead atoms. The maximum Gasteiger partial charge on any atom is 0 e. The van der Waals surface area contributed by atoms with Crippen LogP contribution in [0.1, 0.15) is 0 Å². The second-order valence-corrected chi connectivity index (χ2v) is 0. The molecule has 0 aliphatic carbocycles. The van der Waals surface area contributed by atoms with E-state index in [1.807, 2.05) is 0 Å². The number of hydrogen-bond acceptors (Lipinski definition) is 1. The third kappa shape index (κ3) is 9.38. The van der Waals surface area contributed by atoms with Crippen molar-refractivity contribution in [1.29, 1.82) is 0 Å². The molecule has 18 valence electrons. The van der Waals surface area contributed by atoms with Crippen LogP contribution in [0.5, 0.6) is 0 Å². The fourth-order valence-corrected chi connectivity index (χ4v) is 0. The molecule has 0 atom stereocenters. The molecule has 0 unspecified atom stereocenters. The van der Waals surface area contributed by atoms with Gasteiger partial charge in [0.2, 0.25) is 0 Å². The molecular weight excluding hydrogens is 156 g/mol. The second-order valence-electron chi connectivity index (χ2n) is 0. The summed E-state index contributed by atoms with van der Waals surface area (Å²) in [4.78, 5) is 0. The summed E-state index contributed by atoms with van der Waals surface area (Å²) >= 11 is 0.125. The molecule has 0 aliphatic rings. The van der Waals surface area contributed by atoms with Crippen molar-refractivity contribution in [3.05, 3.63) is 0 Å². The zero-order chi connectivity index (χ0) is 2.00. The Kier molecular flexibility index (Phi) is 97.8. The molecule has 0 amide bonds. The van der Waals surface area contributed by atoms with Gasteiger partial charge in [-0.1, -0.05) is 0 Å². The molecule has 0 aromatic carbocycles. The summed E-state index contributed by atoms with van der Waals surface area (Å²) in [5, 5.41) is 0. The molecule has 0 rings (SSSR count). The fourth-order valence-electron chi connectivity index (χ4n) is 0. The summed E-state index contributed by atoms with van der Waals surface area (Å²) < 4.78 is 8.38. The van der Waals surface area contributed by atoms with E-state index >= 15 is 0 Å². The Hall–Kier alpha value is 1.67. The van der Waals surface area contributed by atoms with Crippen LogP contribution in [0.25, 0.3) is 0 Å². The minimum Gasteiger partial charge on any atom is 0 e. The van der Waals surface area contributed by atoms with E-state index in [0.29, 0.717) is 0 Å². The summed E-state index contributed by atoms with van der Waals surface area (Å²) in [5.41, 5.74) is 0. The fraction of sp³-hybridized carbons (Fsp3) is 0. The van der Waals surface area contributed by atoms with E-state index in [0.717, 1.165) is 0 Å². The SMILES string of the molecule is [AlH3].[O]=[Zn].[Ti]. The Balaban J connectivity index is -0.00000000500. The van der Waals surface area contributed by atoms with Crippen molar-refractivity contribution in [3.8, 4) is 0 Å². The van der Waals surface area contributed by atoms with E-state index in [1.54, 1.807) is 0 Å². The van der Waals surface area contributed by atoms with Gasteiger partial charge in [-0.05, 0) is 0 Å². The van der Waals surface area contributed by atoms with Gasteiger partial charge in [-0.25, -0.2) is 0 Å². The second kappa shape index (κ2) is 22.6. The molecule has 0 aliphatic heterocycles. The van der Waals surface area contributed by atoms with Crippen LogP contribution in [0.3, 0.4) is 0 Å². The number of hydrogen-bond donors (Lipinski definition) is 0. The Labute approximate surface area is 60.5 Å². The molecular formula is H3AlOTiZn. The van der Waals surface area contributed by atoms with E-state index in [9.17, 15) is 0 Å². The van der Waals surface area contributed by atoms with Crippen LogP contribution in [0.2, 0.25) is 0 Å². The van der Waals surface area contributed by atoms with Gasteiger partial charge in [0.15, 0.2) is 17.4 Å². The van der Waals surface area contributed by atoms with Gasteiger partial charge in [-0.15, -0.1) is 0 Å². The van der Waals surface area contributed by atoms with Crippen LogP contribution in [0.4, 0.5) is 0 Å². The molecule has 0 aromatic heterocycles. The first kappa shape index (κ1) is 17.3. The quantitative estimate of drug-likeness (QED) is 0.401. The first-order valence-corrected chi connectivity index (χ1v) is 1.50. The van der Waals surface area contributed by atoms with Crippen molar-refractivity contribution < 1.29 is 43.5 Å². The van der Waals surface area contributed by atoms with Crippen molar-refractivity contribution in [2.45, 2.75) is 0 Å². The van der Waals surface area contributed by atoms with Gasteiger partial charge >= 0.3 is 21.8 Å². The van der Waals surface area contributed by atoms with Crippen molar-refractivity contribution >= 4 is 17.4 Å². The molecule has 4 heteroatoms. The predicted octanol–water partition coefficient (Wildman–Crippen LogP) is -1.31. The topological polar surface area (TPSA) is 17.1 Å². The van der Waals surface area contributed by atoms with E-state index < -0.39 is 0 Å². The first-order chi connectivity index (χ1) is 1.00. The molecule has 4 heavy (non-hydrogen) atoms. The van der Waals surface area contributed by atoms with Crippen LogP contribution in [0, 0.1) is 0 Å². The third-order valence-electron chi connectivity index (χ3n) is 0. The molecule has 0 radical (unpaired) electrons. The summed E-state index contributed by atoms with van der Waals surface area (Å²) in [7, 11) is 0. The van der Waals surface area contributed by atoms with Crippen LogP contribution < -0.4 is 0 Å². The predicted molar refractivity (Wildman–Crippen MR) is 10.6 cm³/mol. The zero-order valence-electron chi connectivity index (χ0n) is 1.62. The van der Waals surface area contributed by atoms with E-state index in [2.05, 4.69) is 0 Å². The van der Waals surface area contributed by atoms with Crippen molar-refractivity contribution in [2.24, 2.45) is 0 Å². The van der Waals surface area contributed by atoms with Gasteiger partial charge in [0, 0.05) is 21.7 Å². The van der Waals surface area contributed by atoms with Crippen molar-refractivity contribution in [2.75, 3.05) is 0 Å². The molecule has 0 spiro atoms. The molecule has 0 saturated carbocycles. The molecule has 0 aromatic rings.